The van der Waals surface area contributed by atoms with Gasteiger partial charge >= 0.3 is 5.97 Å². The molecule has 0 aliphatic carbocycles. The van der Waals surface area contributed by atoms with E-state index in [2.05, 4.69) is 16.3 Å². The van der Waals surface area contributed by atoms with Crippen molar-refractivity contribution in [1.82, 2.24) is 10.2 Å². The lowest BCUT2D eigenvalue weighted by Gasteiger charge is -2.41. The Bertz CT molecular complexity index is 563. The average Bonchev–Trinajstić information content (AvgIpc) is 2.64. The summed E-state index contributed by atoms with van der Waals surface area (Å²) in [6.45, 7) is 7.17. The molecule has 0 spiro atoms. The average molecular weight is 348 g/mol. The van der Waals surface area contributed by atoms with Crippen molar-refractivity contribution in [2.75, 3.05) is 46.5 Å². The van der Waals surface area contributed by atoms with Gasteiger partial charge < -0.3 is 19.5 Å². The lowest BCUT2D eigenvalue weighted by atomic mass is 9.85. The second-order valence-electron chi connectivity index (χ2n) is 6.68. The van der Waals surface area contributed by atoms with Crippen molar-refractivity contribution < 1.29 is 19.0 Å². The van der Waals surface area contributed by atoms with E-state index in [0.717, 1.165) is 52.2 Å². The minimum Gasteiger partial charge on any atom is -0.493 e. The van der Waals surface area contributed by atoms with Crippen LogP contribution in [-0.2, 0) is 9.53 Å². The lowest BCUT2D eigenvalue weighted by Crippen LogP contribution is -2.47. The molecule has 2 aliphatic heterocycles. The van der Waals surface area contributed by atoms with Crippen LogP contribution in [-0.4, -0.2) is 57.4 Å². The molecule has 138 valence electrons. The molecule has 1 aromatic carbocycles. The Morgan fingerprint density at radius 1 is 1.24 bits per heavy atom. The first-order chi connectivity index (χ1) is 12.2. The van der Waals surface area contributed by atoms with Crippen molar-refractivity contribution in [1.29, 1.82) is 0 Å². The Hall–Kier alpha value is -1.63. The molecule has 3 rings (SSSR count). The standard InChI is InChI=1S/C19H28N2O4/c1-14(22)25-17-4-3-16(13-18(17)23-2)19(15-5-11-24-12-6-15)21-9-7-20-8-10-21/h3-4,13,15,19-20H,5-12H2,1-2H3/t19-/m0/s1. The molecule has 1 atom stereocenters. The van der Waals surface area contributed by atoms with Crippen LogP contribution in [0.25, 0.3) is 0 Å². The van der Waals surface area contributed by atoms with Crippen LogP contribution in [0.5, 0.6) is 11.5 Å². The molecule has 0 aromatic heterocycles. The molecule has 6 nitrogen and oxygen atoms in total. The first-order valence-electron chi connectivity index (χ1n) is 9.08. The van der Waals surface area contributed by atoms with Gasteiger partial charge in [-0.25, -0.2) is 0 Å². The molecule has 2 aliphatic rings. The first-order valence-corrected chi connectivity index (χ1v) is 9.08. The van der Waals surface area contributed by atoms with E-state index >= 15 is 0 Å². The fourth-order valence-corrected chi connectivity index (χ4v) is 3.88. The van der Waals surface area contributed by atoms with Crippen LogP contribution in [0.1, 0.15) is 31.4 Å². The van der Waals surface area contributed by atoms with Gasteiger partial charge in [0.25, 0.3) is 0 Å². The number of hydrogen-bond acceptors (Lipinski definition) is 6. The molecular formula is C19H28N2O4. The Morgan fingerprint density at radius 3 is 2.60 bits per heavy atom. The topological polar surface area (TPSA) is 60.0 Å². The summed E-state index contributed by atoms with van der Waals surface area (Å²) >= 11 is 0. The highest BCUT2D eigenvalue weighted by Crippen LogP contribution is 2.39. The van der Waals surface area contributed by atoms with Crippen LogP contribution in [0.15, 0.2) is 18.2 Å². The Balaban J connectivity index is 1.89. The van der Waals surface area contributed by atoms with E-state index in [1.54, 1.807) is 7.11 Å². The molecule has 1 N–H and O–H groups in total. The Kier molecular flexibility index (Phi) is 6.29. The van der Waals surface area contributed by atoms with E-state index in [-0.39, 0.29) is 5.97 Å². The van der Waals surface area contributed by atoms with Crippen LogP contribution >= 0.6 is 0 Å². The number of piperazine rings is 1. The second-order valence-corrected chi connectivity index (χ2v) is 6.68. The van der Waals surface area contributed by atoms with E-state index in [1.165, 1.54) is 12.5 Å². The number of hydrogen-bond donors (Lipinski definition) is 1. The lowest BCUT2D eigenvalue weighted by molar-refractivity contribution is -0.132. The van der Waals surface area contributed by atoms with Gasteiger partial charge in [0.15, 0.2) is 11.5 Å². The van der Waals surface area contributed by atoms with Crippen LogP contribution in [0.4, 0.5) is 0 Å². The summed E-state index contributed by atoms with van der Waals surface area (Å²) in [4.78, 5) is 13.9. The van der Waals surface area contributed by atoms with Gasteiger partial charge in [0.1, 0.15) is 0 Å². The van der Waals surface area contributed by atoms with E-state index in [4.69, 9.17) is 14.2 Å². The monoisotopic (exact) mass is 348 g/mol. The minimum atomic E-state index is -0.339. The number of benzene rings is 1. The maximum absolute atomic E-state index is 11.3. The molecular weight excluding hydrogens is 320 g/mol. The Labute approximate surface area is 149 Å². The van der Waals surface area contributed by atoms with Crippen molar-refractivity contribution in [2.24, 2.45) is 5.92 Å². The van der Waals surface area contributed by atoms with E-state index < -0.39 is 0 Å². The third kappa shape index (κ3) is 4.51. The third-order valence-corrected chi connectivity index (χ3v) is 5.04. The van der Waals surface area contributed by atoms with Gasteiger partial charge in [-0.15, -0.1) is 0 Å². The van der Waals surface area contributed by atoms with Crippen molar-refractivity contribution in [3.05, 3.63) is 23.8 Å². The van der Waals surface area contributed by atoms with Gasteiger partial charge in [0.05, 0.1) is 7.11 Å². The number of ether oxygens (including phenoxy) is 3. The molecule has 0 amide bonds. The van der Waals surface area contributed by atoms with Gasteiger partial charge in [-0.05, 0) is 36.5 Å². The summed E-state index contributed by atoms with van der Waals surface area (Å²) in [5.41, 5.74) is 1.22. The normalized spacial score (nSPS) is 20.9. The molecule has 2 saturated heterocycles. The molecule has 1 aromatic rings. The molecule has 0 unspecified atom stereocenters. The van der Waals surface area contributed by atoms with E-state index in [1.807, 2.05) is 12.1 Å². The summed E-state index contributed by atoms with van der Waals surface area (Å²) in [6, 6.07) is 6.29. The molecule has 6 heteroatoms. The number of nitrogens with zero attached hydrogens (tertiary/aromatic N) is 1. The molecule has 0 bridgehead atoms. The highest BCUT2D eigenvalue weighted by Gasteiger charge is 2.31. The van der Waals surface area contributed by atoms with Crippen LogP contribution in [0.2, 0.25) is 0 Å². The number of rotatable bonds is 5. The fourth-order valence-electron chi connectivity index (χ4n) is 3.88. The molecule has 25 heavy (non-hydrogen) atoms. The number of carbonyl (C=O) groups excluding carboxylic acids is 1. The smallest absolute Gasteiger partial charge is 0.308 e. The Morgan fingerprint density at radius 2 is 1.96 bits per heavy atom. The zero-order chi connectivity index (χ0) is 17.6. The largest absolute Gasteiger partial charge is 0.493 e. The molecule has 0 saturated carbocycles. The quantitative estimate of drug-likeness (QED) is 0.649. The maximum Gasteiger partial charge on any atom is 0.308 e. The summed E-state index contributed by atoms with van der Waals surface area (Å²) in [6.07, 6.45) is 2.14. The number of carbonyl (C=O) groups is 1. The van der Waals surface area contributed by atoms with Crippen molar-refractivity contribution in [3.8, 4) is 11.5 Å². The predicted octanol–water partition coefficient (Wildman–Crippen LogP) is 1.99. The summed E-state index contributed by atoms with van der Waals surface area (Å²) in [7, 11) is 1.61. The summed E-state index contributed by atoms with van der Waals surface area (Å²) in [5, 5.41) is 3.43. The molecule has 2 heterocycles. The number of esters is 1. The van der Waals surface area contributed by atoms with Gasteiger partial charge in [-0.2, -0.15) is 0 Å². The fraction of sp³-hybridized carbons (Fsp3) is 0.632. The van der Waals surface area contributed by atoms with E-state index in [9.17, 15) is 4.79 Å². The summed E-state index contributed by atoms with van der Waals surface area (Å²) < 4.78 is 16.3. The van der Waals surface area contributed by atoms with Gasteiger partial charge in [0, 0.05) is 52.4 Å². The van der Waals surface area contributed by atoms with Gasteiger partial charge in [-0.1, -0.05) is 6.07 Å². The van der Waals surface area contributed by atoms with Crippen molar-refractivity contribution in [2.45, 2.75) is 25.8 Å². The van der Waals surface area contributed by atoms with Crippen LogP contribution < -0.4 is 14.8 Å². The first kappa shape index (κ1) is 18.2. The van der Waals surface area contributed by atoms with Crippen molar-refractivity contribution in [3.63, 3.8) is 0 Å². The third-order valence-electron chi connectivity index (χ3n) is 5.04. The SMILES string of the molecule is COc1cc([C@H](C2CCOCC2)N2CCNCC2)ccc1OC(C)=O. The molecule has 2 fully saturated rings. The zero-order valence-corrected chi connectivity index (χ0v) is 15.1. The zero-order valence-electron chi connectivity index (χ0n) is 15.1. The molecule has 0 radical (unpaired) electrons. The summed E-state index contributed by atoms with van der Waals surface area (Å²) in [5.74, 6) is 1.31. The highest BCUT2D eigenvalue weighted by atomic mass is 16.6. The van der Waals surface area contributed by atoms with Crippen LogP contribution in [0, 0.1) is 5.92 Å². The number of methoxy groups -OCH3 is 1. The predicted molar refractivity (Wildman–Crippen MR) is 95.0 cm³/mol. The highest BCUT2D eigenvalue weighted by molar-refractivity contribution is 5.70. The minimum absolute atomic E-state index is 0.339. The second kappa shape index (κ2) is 8.65. The number of nitrogens with one attached hydrogen (secondary N) is 1. The van der Waals surface area contributed by atoms with Crippen molar-refractivity contribution >= 4 is 5.97 Å². The van der Waals surface area contributed by atoms with Crippen LogP contribution in [0.3, 0.4) is 0 Å². The van der Waals surface area contributed by atoms with E-state index in [0.29, 0.717) is 23.5 Å². The van der Waals surface area contributed by atoms with Gasteiger partial charge in [-0.3, -0.25) is 9.69 Å². The van der Waals surface area contributed by atoms with Gasteiger partial charge in [0.2, 0.25) is 0 Å². The maximum atomic E-state index is 11.3.